The van der Waals surface area contributed by atoms with E-state index in [0.29, 0.717) is 10.8 Å². The molecule has 0 atom stereocenters. The standard InChI is InChI=1S/C20H18ClFN4O4/c1-12-10-13(21)6-7-16(12)29-11-17(27)23-8-9-24-19(28)20-25-18(26-30-20)14-4-2-3-5-15(14)22/h2-7,10H,8-9,11H2,1H3,(H,23,27)(H,24,28). The molecular formula is C20H18ClFN4O4. The van der Waals surface area contributed by atoms with Crippen molar-refractivity contribution in [2.24, 2.45) is 0 Å². The van der Waals surface area contributed by atoms with E-state index in [4.69, 9.17) is 20.9 Å². The Hall–Kier alpha value is -3.46. The average Bonchev–Trinajstić information content (AvgIpc) is 3.21. The Morgan fingerprint density at radius 1 is 1.17 bits per heavy atom. The van der Waals surface area contributed by atoms with Crippen molar-refractivity contribution in [1.82, 2.24) is 20.8 Å². The SMILES string of the molecule is Cc1cc(Cl)ccc1OCC(=O)NCCNC(=O)c1nc(-c2ccccc2F)no1. The molecule has 0 aliphatic carbocycles. The Kier molecular flexibility index (Phi) is 6.97. The van der Waals surface area contributed by atoms with E-state index in [0.717, 1.165) is 5.56 Å². The zero-order valence-corrected chi connectivity index (χ0v) is 16.7. The molecule has 0 unspecified atom stereocenters. The molecule has 1 heterocycles. The monoisotopic (exact) mass is 432 g/mol. The van der Waals surface area contributed by atoms with Crippen LogP contribution in [0.2, 0.25) is 5.02 Å². The van der Waals surface area contributed by atoms with Gasteiger partial charge in [0, 0.05) is 18.1 Å². The fraction of sp³-hybridized carbons (Fsp3) is 0.200. The molecule has 3 aromatic rings. The highest BCUT2D eigenvalue weighted by Gasteiger charge is 2.17. The number of halogens is 2. The van der Waals surface area contributed by atoms with E-state index in [1.165, 1.54) is 18.2 Å². The van der Waals surface area contributed by atoms with Crippen molar-refractivity contribution in [2.75, 3.05) is 19.7 Å². The van der Waals surface area contributed by atoms with E-state index in [1.54, 1.807) is 24.3 Å². The number of amides is 2. The lowest BCUT2D eigenvalue weighted by Gasteiger charge is -2.10. The molecule has 156 valence electrons. The lowest BCUT2D eigenvalue weighted by molar-refractivity contribution is -0.123. The summed E-state index contributed by atoms with van der Waals surface area (Å²) >= 11 is 5.87. The average molecular weight is 433 g/mol. The van der Waals surface area contributed by atoms with E-state index in [9.17, 15) is 14.0 Å². The van der Waals surface area contributed by atoms with Gasteiger partial charge in [-0.1, -0.05) is 28.9 Å². The molecule has 0 aliphatic heterocycles. The van der Waals surface area contributed by atoms with Crippen LogP contribution in [0.25, 0.3) is 11.4 Å². The van der Waals surface area contributed by atoms with Gasteiger partial charge in [-0.3, -0.25) is 9.59 Å². The summed E-state index contributed by atoms with van der Waals surface area (Å²) in [5.74, 6) is -1.28. The number of aromatic nitrogens is 2. The maximum absolute atomic E-state index is 13.7. The Labute approximate surface area is 176 Å². The van der Waals surface area contributed by atoms with Gasteiger partial charge in [0.25, 0.3) is 5.91 Å². The fourth-order valence-corrected chi connectivity index (χ4v) is 2.72. The molecule has 2 N–H and O–H groups in total. The van der Waals surface area contributed by atoms with Gasteiger partial charge in [-0.05, 0) is 42.8 Å². The van der Waals surface area contributed by atoms with Crippen LogP contribution < -0.4 is 15.4 Å². The van der Waals surface area contributed by atoms with Crippen molar-refractivity contribution in [1.29, 1.82) is 0 Å². The number of benzene rings is 2. The van der Waals surface area contributed by atoms with Crippen molar-refractivity contribution in [3.05, 3.63) is 64.8 Å². The number of hydrogen-bond donors (Lipinski definition) is 2. The van der Waals surface area contributed by atoms with E-state index in [2.05, 4.69) is 20.8 Å². The van der Waals surface area contributed by atoms with Crippen LogP contribution in [0.3, 0.4) is 0 Å². The summed E-state index contributed by atoms with van der Waals surface area (Å²) < 4.78 is 24.0. The predicted molar refractivity (Wildman–Crippen MR) is 107 cm³/mol. The highest BCUT2D eigenvalue weighted by molar-refractivity contribution is 6.30. The van der Waals surface area contributed by atoms with Gasteiger partial charge in [0.15, 0.2) is 6.61 Å². The van der Waals surface area contributed by atoms with Crippen LogP contribution in [0.5, 0.6) is 5.75 Å². The van der Waals surface area contributed by atoms with Gasteiger partial charge in [0.05, 0.1) is 5.56 Å². The molecule has 0 spiro atoms. The van der Waals surface area contributed by atoms with Crippen molar-refractivity contribution in [3.8, 4) is 17.1 Å². The molecule has 0 radical (unpaired) electrons. The molecule has 0 saturated carbocycles. The minimum Gasteiger partial charge on any atom is -0.484 e. The Balaban J connectivity index is 1.40. The largest absolute Gasteiger partial charge is 0.484 e. The minimum atomic E-state index is -0.632. The van der Waals surface area contributed by atoms with Gasteiger partial charge >= 0.3 is 11.8 Å². The Morgan fingerprint density at radius 2 is 1.93 bits per heavy atom. The molecule has 0 aliphatic rings. The second kappa shape index (κ2) is 9.84. The van der Waals surface area contributed by atoms with Crippen LogP contribution in [-0.4, -0.2) is 41.7 Å². The maximum atomic E-state index is 13.7. The summed E-state index contributed by atoms with van der Waals surface area (Å²) in [6.07, 6.45) is 0. The molecule has 2 aromatic carbocycles. The second-order valence-corrected chi connectivity index (χ2v) is 6.64. The normalized spacial score (nSPS) is 10.5. The van der Waals surface area contributed by atoms with Crippen molar-refractivity contribution in [3.63, 3.8) is 0 Å². The van der Waals surface area contributed by atoms with Gasteiger partial charge in [0.1, 0.15) is 11.6 Å². The summed E-state index contributed by atoms with van der Waals surface area (Å²) in [7, 11) is 0. The first-order valence-electron chi connectivity index (χ1n) is 8.96. The summed E-state index contributed by atoms with van der Waals surface area (Å²) in [6.45, 7) is 1.94. The number of hydrogen-bond acceptors (Lipinski definition) is 6. The summed E-state index contributed by atoms with van der Waals surface area (Å²) in [6, 6.07) is 11.0. The Morgan fingerprint density at radius 3 is 2.70 bits per heavy atom. The van der Waals surface area contributed by atoms with Crippen molar-refractivity contribution in [2.45, 2.75) is 6.92 Å². The van der Waals surface area contributed by atoms with E-state index in [-0.39, 0.29) is 42.9 Å². The van der Waals surface area contributed by atoms with Crippen LogP contribution in [0.1, 0.15) is 16.2 Å². The van der Waals surface area contributed by atoms with E-state index >= 15 is 0 Å². The molecule has 0 bridgehead atoms. The van der Waals surface area contributed by atoms with Gasteiger partial charge < -0.3 is 19.9 Å². The van der Waals surface area contributed by atoms with E-state index in [1.807, 2.05) is 6.92 Å². The first kappa shape index (κ1) is 21.3. The van der Waals surface area contributed by atoms with Crippen LogP contribution in [-0.2, 0) is 4.79 Å². The third kappa shape index (κ3) is 5.54. The maximum Gasteiger partial charge on any atom is 0.316 e. The molecular weight excluding hydrogens is 415 g/mol. The molecule has 1 aromatic heterocycles. The van der Waals surface area contributed by atoms with Crippen LogP contribution >= 0.6 is 11.6 Å². The summed E-state index contributed by atoms with van der Waals surface area (Å²) in [4.78, 5) is 27.8. The molecule has 10 heteroatoms. The van der Waals surface area contributed by atoms with Crippen molar-refractivity contribution < 1.29 is 23.2 Å². The second-order valence-electron chi connectivity index (χ2n) is 6.21. The number of nitrogens with one attached hydrogen (secondary N) is 2. The lowest BCUT2D eigenvalue weighted by atomic mass is 10.2. The van der Waals surface area contributed by atoms with Crippen LogP contribution in [0.15, 0.2) is 47.0 Å². The zero-order chi connectivity index (χ0) is 21.5. The summed E-state index contributed by atoms with van der Waals surface area (Å²) in [5.41, 5.74) is 0.945. The third-order valence-electron chi connectivity index (χ3n) is 3.96. The zero-order valence-electron chi connectivity index (χ0n) is 15.9. The first-order chi connectivity index (χ1) is 14.4. The molecule has 8 nitrogen and oxygen atoms in total. The number of ether oxygens (including phenoxy) is 1. The molecule has 0 fully saturated rings. The highest BCUT2D eigenvalue weighted by atomic mass is 35.5. The number of rotatable bonds is 8. The number of aryl methyl sites for hydroxylation is 1. The third-order valence-corrected chi connectivity index (χ3v) is 4.20. The lowest BCUT2D eigenvalue weighted by Crippen LogP contribution is -2.36. The van der Waals surface area contributed by atoms with E-state index < -0.39 is 11.7 Å². The number of nitrogens with zero attached hydrogens (tertiary/aromatic N) is 2. The highest BCUT2D eigenvalue weighted by Crippen LogP contribution is 2.21. The fourth-order valence-electron chi connectivity index (χ4n) is 2.49. The van der Waals surface area contributed by atoms with Gasteiger partial charge in [0.2, 0.25) is 5.82 Å². The van der Waals surface area contributed by atoms with Gasteiger partial charge in [-0.25, -0.2) is 4.39 Å². The van der Waals surface area contributed by atoms with Gasteiger partial charge in [-0.2, -0.15) is 4.98 Å². The molecule has 3 rings (SSSR count). The first-order valence-corrected chi connectivity index (χ1v) is 9.34. The van der Waals surface area contributed by atoms with Gasteiger partial charge in [-0.15, -0.1) is 0 Å². The summed E-state index contributed by atoms with van der Waals surface area (Å²) in [5, 5.41) is 9.33. The smallest absolute Gasteiger partial charge is 0.316 e. The van der Waals surface area contributed by atoms with Crippen molar-refractivity contribution >= 4 is 23.4 Å². The van der Waals surface area contributed by atoms with Crippen LogP contribution in [0.4, 0.5) is 4.39 Å². The number of carbonyl (C=O) groups is 2. The Bertz CT molecular complexity index is 1060. The molecule has 0 saturated heterocycles. The topological polar surface area (TPSA) is 106 Å². The predicted octanol–water partition coefficient (Wildman–Crippen LogP) is 2.76. The molecule has 30 heavy (non-hydrogen) atoms. The minimum absolute atomic E-state index is 0.0267. The molecule has 2 amide bonds. The number of carbonyl (C=O) groups excluding carboxylic acids is 2. The van der Waals surface area contributed by atoms with Crippen LogP contribution in [0, 0.1) is 12.7 Å². The quantitative estimate of drug-likeness (QED) is 0.530.